The van der Waals surface area contributed by atoms with Gasteiger partial charge in [-0.25, -0.2) is 0 Å². The van der Waals surface area contributed by atoms with Gasteiger partial charge in [-0.15, -0.1) is 0 Å². The third-order valence-corrected chi connectivity index (χ3v) is 1.04. The van der Waals surface area contributed by atoms with Crippen molar-refractivity contribution in [3.8, 4) is 0 Å². The first-order chi connectivity index (χ1) is 4.31. The third-order valence-electron chi connectivity index (χ3n) is 1.04. The van der Waals surface area contributed by atoms with E-state index in [-0.39, 0.29) is 6.04 Å². The van der Waals surface area contributed by atoms with Gasteiger partial charge in [0.25, 0.3) is 0 Å². The number of nitrogens with one attached hydrogen (secondary N) is 1. The monoisotopic (exact) mass is 132 g/mol. The number of ether oxygens (including phenoxy) is 1. The molecule has 0 aromatic carbocycles. The fourth-order valence-corrected chi connectivity index (χ4v) is 0.603. The normalized spacial score (nSPS) is 13.7. The molecule has 1 atom stereocenters. The third kappa shape index (κ3) is 5.76. The maximum absolute atomic E-state index is 5.58. The largest absolute Gasteiger partial charge is 0.383 e. The molecule has 0 bridgehead atoms. The molecule has 0 aromatic heterocycles. The summed E-state index contributed by atoms with van der Waals surface area (Å²) in [4.78, 5) is 0. The Hall–Kier alpha value is -0.120. The summed E-state index contributed by atoms with van der Waals surface area (Å²) in [7, 11) is 1.66. The Labute approximate surface area is 56.6 Å². The Kier molecular flexibility index (Phi) is 5.93. The van der Waals surface area contributed by atoms with Gasteiger partial charge in [0.05, 0.1) is 6.61 Å². The Morgan fingerprint density at radius 3 is 2.78 bits per heavy atom. The molecule has 0 amide bonds. The van der Waals surface area contributed by atoms with E-state index in [1.54, 1.807) is 7.11 Å². The molecule has 0 heterocycles. The molecule has 3 N–H and O–H groups in total. The zero-order valence-corrected chi connectivity index (χ0v) is 6.18. The minimum absolute atomic E-state index is 0.134. The molecule has 0 aliphatic carbocycles. The lowest BCUT2D eigenvalue weighted by molar-refractivity contribution is 0.179. The van der Waals surface area contributed by atoms with Crippen molar-refractivity contribution in [1.29, 1.82) is 0 Å². The number of likely N-dealkylation sites (N-methyl/N-ethyl adjacent to an activating group) is 1. The van der Waals surface area contributed by atoms with E-state index in [0.29, 0.717) is 6.61 Å². The van der Waals surface area contributed by atoms with Crippen LogP contribution in [0.15, 0.2) is 0 Å². The Balaban J connectivity index is 2.95. The molecular weight excluding hydrogens is 116 g/mol. The molecule has 1 unspecified atom stereocenters. The highest BCUT2D eigenvalue weighted by Crippen LogP contribution is 1.75. The van der Waals surface area contributed by atoms with Crippen LogP contribution in [0.1, 0.15) is 6.92 Å². The predicted octanol–water partition coefficient (Wildman–Crippen LogP) is -0.430. The molecule has 3 heteroatoms. The van der Waals surface area contributed by atoms with Crippen LogP contribution in [0.5, 0.6) is 0 Å². The molecular formula is C6H16N2O. The zero-order valence-electron chi connectivity index (χ0n) is 6.18. The van der Waals surface area contributed by atoms with Crippen molar-refractivity contribution in [2.75, 3.05) is 26.8 Å². The standard InChI is InChI=1S/C6H16N2O/c1-3-8-4-6(7)5-9-2/h6,8H,3-5,7H2,1-2H3. The highest BCUT2D eigenvalue weighted by Gasteiger charge is 1.97. The van der Waals surface area contributed by atoms with Crippen LogP contribution in [0.3, 0.4) is 0 Å². The molecule has 0 saturated heterocycles. The van der Waals surface area contributed by atoms with Gasteiger partial charge < -0.3 is 15.8 Å². The molecule has 0 aliphatic heterocycles. The summed E-state index contributed by atoms with van der Waals surface area (Å²) < 4.78 is 4.84. The first kappa shape index (κ1) is 8.88. The summed E-state index contributed by atoms with van der Waals surface area (Å²) in [5.74, 6) is 0. The van der Waals surface area contributed by atoms with Crippen LogP contribution in [0.25, 0.3) is 0 Å². The van der Waals surface area contributed by atoms with Gasteiger partial charge in [-0.05, 0) is 6.54 Å². The Morgan fingerprint density at radius 2 is 2.33 bits per heavy atom. The van der Waals surface area contributed by atoms with Gasteiger partial charge >= 0.3 is 0 Å². The van der Waals surface area contributed by atoms with Crippen LogP contribution in [0.4, 0.5) is 0 Å². The quantitative estimate of drug-likeness (QED) is 0.533. The molecule has 56 valence electrons. The fraction of sp³-hybridized carbons (Fsp3) is 1.00. The Bertz CT molecular complexity index is 59.0. The first-order valence-corrected chi connectivity index (χ1v) is 3.26. The number of methoxy groups -OCH3 is 1. The summed E-state index contributed by atoms with van der Waals surface area (Å²) in [5.41, 5.74) is 5.58. The van der Waals surface area contributed by atoms with Gasteiger partial charge in [-0.2, -0.15) is 0 Å². The van der Waals surface area contributed by atoms with Gasteiger partial charge in [0.15, 0.2) is 0 Å². The van der Waals surface area contributed by atoms with Crippen LogP contribution in [0, 0.1) is 0 Å². The van der Waals surface area contributed by atoms with Crippen LogP contribution in [0.2, 0.25) is 0 Å². The van der Waals surface area contributed by atoms with Crippen molar-refractivity contribution < 1.29 is 4.74 Å². The van der Waals surface area contributed by atoms with E-state index in [0.717, 1.165) is 13.1 Å². The van der Waals surface area contributed by atoms with Crippen LogP contribution in [-0.4, -0.2) is 32.8 Å². The zero-order chi connectivity index (χ0) is 7.11. The van der Waals surface area contributed by atoms with Crippen molar-refractivity contribution in [1.82, 2.24) is 5.32 Å². The van der Waals surface area contributed by atoms with E-state index in [1.807, 2.05) is 0 Å². The molecule has 0 fully saturated rings. The second-order valence-electron chi connectivity index (χ2n) is 2.02. The number of nitrogens with two attached hydrogens (primary N) is 1. The van der Waals surface area contributed by atoms with Gasteiger partial charge in [0, 0.05) is 19.7 Å². The minimum Gasteiger partial charge on any atom is -0.383 e. The van der Waals surface area contributed by atoms with E-state index in [4.69, 9.17) is 10.5 Å². The van der Waals surface area contributed by atoms with Gasteiger partial charge in [-0.3, -0.25) is 0 Å². The van der Waals surface area contributed by atoms with Crippen molar-refractivity contribution in [2.45, 2.75) is 13.0 Å². The van der Waals surface area contributed by atoms with Crippen molar-refractivity contribution in [3.05, 3.63) is 0 Å². The molecule has 0 spiro atoms. The predicted molar refractivity (Wildman–Crippen MR) is 38.4 cm³/mol. The van der Waals surface area contributed by atoms with E-state index in [9.17, 15) is 0 Å². The van der Waals surface area contributed by atoms with E-state index >= 15 is 0 Å². The lowest BCUT2D eigenvalue weighted by atomic mass is 10.3. The average molecular weight is 132 g/mol. The second-order valence-corrected chi connectivity index (χ2v) is 2.02. The van der Waals surface area contributed by atoms with E-state index in [2.05, 4.69) is 12.2 Å². The molecule has 0 saturated carbocycles. The second kappa shape index (κ2) is 6.01. The average Bonchev–Trinajstić information content (AvgIpc) is 1.85. The first-order valence-electron chi connectivity index (χ1n) is 3.26. The number of rotatable bonds is 5. The molecule has 0 rings (SSSR count). The highest BCUT2D eigenvalue weighted by molar-refractivity contribution is 4.61. The summed E-state index contributed by atoms with van der Waals surface area (Å²) in [6.07, 6.45) is 0. The number of hydrogen-bond donors (Lipinski definition) is 2. The van der Waals surface area contributed by atoms with Crippen molar-refractivity contribution >= 4 is 0 Å². The Morgan fingerprint density at radius 1 is 1.67 bits per heavy atom. The van der Waals surface area contributed by atoms with Crippen molar-refractivity contribution in [2.24, 2.45) is 5.73 Å². The molecule has 9 heavy (non-hydrogen) atoms. The van der Waals surface area contributed by atoms with Gasteiger partial charge in [0.2, 0.25) is 0 Å². The van der Waals surface area contributed by atoms with Gasteiger partial charge in [-0.1, -0.05) is 6.92 Å². The summed E-state index contributed by atoms with van der Waals surface area (Å²) in [5, 5.41) is 3.13. The topological polar surface area (TPSA) is 47.3 Å². The van der Waals surface area contributed by atoms with Crippen LogP contribution < -0.4 is 11.1 Å². The molecule has 3 nitrogen and oxygen atoms in total. The summed E-state index contributed by atoms with van der Waals surface area (Å²) in [6.45, 7) is 4.49. The molecule has 0 aliphatic rings. The number of hydrogen-bond acceptors (Lipinski definition) is 3. The maximum atomic E-state index is 5.58. The SMILES string of the molecule is CCNCC(N)COC. The lowest BCUT2D eigenvalue weighted by Gasteiger charge is -2.09. The van der Waals surface area contributed by atoms with Crippen LogP contribution in [-0.2, 0) is 4.74 Å². The fourth-order valence-electron chi connectivity index (χ4n) is 0.603. The maximum Gasteiger partial charge on any atom is 0.0626 e. The molecule has 0 aromatic rings. The smallest absolute Gasteiger partial charge is 0.0626 e. The van der Waals surface area contributed by atoms with E-state index < -0.39 is 0 Å². The minimum atomic E-state index is 0.134. The molecule has 0 radical (unpaired) electrons. The van der Waals surface area contributed by atoms with Crippen molar-refractivity contribution in [3.63, 3.8) is 0 Å². The van der Waals surface area contributed by atoms with Gasteiger partial charge in [0.1, 0.15) is 0 Å². The summed E-state index contributed by atoms with van der Waals surface area (Å²) in [6, 6.07) is 0.134. The highest BCUT2D eigenvalue weighted by atomic mass is 16.5. The summed E-state index contributed by atoms with van der Waals surface area (Å²) >= 11 is 0. The van der Waals surface area contributed by atoms with E-state index in [1.165, 1.54) is 0 Å². The van der Waals surface area contributed by atoms with Crippen LogP contribution >= 0.6 is 0 Å². The lowest BCUT2D eigenvalue weighted by Crippen LogP contribution is -2.37.